The minimum atomic E-state index is -0.899. The van der Waals surface area contributed by atoms with E-state index < -0.39 is 11.6 Å². The van der Waals surface area contributed by atoms with Crippen molar-refractivity contribution in [2.45, 2.75) is 6.54 Å². The Balaban J connectivity index is 0.00000161. The molecule has 1 N–H and O–H groups in total. The van der Waals surface area contributed by atoms with Gasteiger partial charge in [-0.2, -0.15) is 0 Å². The van der Waals surface area contributed by atoms with Gasteiger partial charge in [-0.1, -0.05) is 0 Å². The van der Waals surface area contributed by atoms with E-state index in [9.17, 15) is 8.78 Å². The van der Waals surface area contributed by atoms with Gasteiger partial charge in [0.25, 0.3) is 0 Å². The molecule has 1 aromatic carbocycles. The number of nitrogens with zero attached hydrogens (tertiary/aromatic N) is 2. The monoisotopic (exact) mass is 387 g/mol. The fraction of sp³-hybridized carbons (Fsp3) is 0.357. The van der Waals surface area contributed by atoms with Gasteiger partial charge >= 0.3 is 0 Å². The highest BCUT2D eigenvalue weighted by molar-refractivity contribution is 5.86. The average molecular weight is 389 g/mol. The van der Waals surface area contributed by atoms with Gasteiger partial charge in [0.2, 0.25) is 5.89 Å². The van der Waals surface area contributed by atoms with Gasteiger partial charge < -0.3 is 9.73 Å². The molecule has 9 heteroatoms. The van der Waals surface area contributed by atoms with E-state index in [4.69, 9.17) is 4.42 Å². The van der Waals surface area contributed by atoms with Crippen LogP contribution in [0, 0.1) is 11.6 Å². The third-order valence-electron chi connectivity index (χ3n) is 3.31. The zero-order valence-electron chi connectivity index (χ0n) is 12.1. The Bertz CT molecular complexity index is 607. The number of oxazole rings is 1. The molecular weight excluding hydrogens is 371 g/mol. The molecule has 3 rings (SSSR count). The zero-order valence-corrected chi connectivity index (χ0v) is 14.6. The molecular formula is C14H18Cl3F2N3O. The van der Waals surface area contributed by atoms with Crippen molar-refractivity contribution in [2.75, 3.05) is 26.2 Å². The van der Waals surface area contributed by atoms with Crippen LogP contribution >= 0.6 is 37.2 Å². The molecule has 23 heavy (non-hydrogen) atoms. The van der Waals surface area contributed by atoms with Gasteiger partial charge in [-0.05, 0) is 18.2 Å². The largest absolute Gasteiger partial charge is 0.444 e. The van der Waals surface area contributed by atoms with Crippen molar-refractivity contribution >= 4 is 37.2 Å². The number of piperazine rings is 1. The van der Waals surface area contributed by atoms with Gasteiger partial charge in [-0.3, -0.25) is 4.90 Å². The van der Waals surface area contributed by atoms with Gasteiger partial charge in [-0.25, -0.2) is 13.8 Å². The van der Waals surface area contributed by atoms with Crippen LogP contribution in [0.2, 0.25) is 0 Å². The first-order valence-electron chi connectivity index (χ1n) is 6.55. The molecule has 2 aromatic rings. The van der Waals surface area contributed by atoms with Gasteiger partial charge in [0.1, 0.15) is 6.26 Å². The molecule has 0 amide bonds. The quantitative estimate of drug-likeness (QED) is 0.876. The molecule has 0 saturated carbocycles. The molecule has 0 spiro atoms. The summed E-state index contributed by atoms with van der Waals surface area (Å²) in [6, 6.07) is 3.62. The maximum Gasteiger partial charge on any atom is 0.226 e. The Morgan fingerprint density at radius 2 is 1.78 bits per heavy atom. The zero-order chi connectivity index (χ0) is 13.9. The molecule has 1 aromatic heterocycles. The Kier molecular flexibility index (Phi) is 9.65. The SMILES string of the molecule is Cl.Cl.Cl.Fc1ccc(-c2nc(CN3CCNCC3)co2)cc1F. The lowest BCUT2D eigenvalue weighted by Crippen LogP contribution is -2.42. The Morgan fingerprint density at radius 1 is 1.09 bits per heavy atom. The Hall–Kier alpha value is -0.920. The van der Waals surface area contributed by atoms with Crippen LogP contribution in [0.25, 0.3) is 11.5 Å². The standard InChI is InChI=1S/C14H15F2N3O.3ClH/c15-12-2-1-10(7-13(12)16)14-18-11(9-20-14)8-19-5-3-17-4-6-19;;;/h1-2,7,9,17H,3-6,8H2;3*1H. The predicted molar refractivity (Wildman–Crippen MR) is 91.7 cm³/mol. The van der Waals surface area contributed by atoms with E-state index in [2.05, 4.69) is 15.2 Å². The summed E-state index contributed by atoms with van der Waals surface area (Å²) in [7, 11) is 0. The molecule has 0 atom stereocenters. The Morgan fingerprint density at radius 3 is 2.43 bits per heavy atom. The molecule has 0 aliphatic carbocycles. The third kappa shape index (κ3) is 5.58. The highest BCUT2D eigenvalue weighted by Gasteiger charge is 2.14. The molecule has 1 saturated heterocycles. The first-order valence-corrected chi connectivity index (χ1v) is 6.55. The fourth-order valence-electron chi connectivity index (χ4n) is 2.24. The van der Waals surface area contributed by atoms with E-state index in [-0.39, 0.29) is 37.2 Å². The van der Waals surface area contributed by atoms with Crippen LogP contribution in [0.15, 0.2) is 28.9 Å². The van der Waals surface area contributed by atoms with Crippen LogP contribution in [-0.4, -0.2) is 36.1 Å². The molecule has 0 bridgehead atoms. The van der Waals surface area contributed by atoms with Crippen LogP contribution in [-0.2, 0) is 6.54 Å². The molecule has 0 unspecified atom stereocenters. The van der Waals surface area contributed by atoms with E-state index in [0.717, 1.165) is 44.0 Å². The molecule has 0 radical (unpaired) electrons. The predicted octanol–water partition coefficient (Wildman–Crippen LogP) is 3.29. The van der Waals surface area contributed by atoms with Crippen LogP contribution in [0.3, 0.4) is 0 Å². The van der Waals surface area contributed by atoms with Gasteiger partial charge in [0, 0.05) is 38.3 Å². The normalized spacial score (nSPS) is 14.3. The molecule has 1 aliphatic heterocycles. The minimum Gasteiger partial charge on any atom is -0.444 e. The summed E-state index contributed by atoms with van der Waals surface area (Å²) >= 11 is 0. The summed E-state index contributed by atoms with van der Waals surface area (Å²) in [4.78, 5) is 6.59. The van der Waals surface area contributed by atoms with Crippen molar-refractivity contribution in [2.24, 2.45) is 0 Å². The van der Waals surface area contributed by atoms with Crippen molar-refractivity contribution in [1.82, 2.24) is 15.2 Å². The lowest BCUT2D eigenvalue weighted by atomic mass is 10.2. The highest BCUT2D eigenvalue weighted by atomic mass is 35.5. The van der Waals surface area contributed by atoms with Crippen molar-refractivity contribution < 1.29 is 13.2 Å². The number of rotatable bonds is 3. The van der Waals surface area contributed by atoms with Crippen molar-refractivity contribution in [1.29, 1.82) is 0 Å². The second kappa shape index (κ2) is 10.1. The van der Waals surface area contributed by atoms with Crippen LogP contribution in [0.5, 0.6) is 0 Å². The molecule has 1 fully saturated rings. The fourth-order valence-corrected chi connectivity index (χ4v) is 2.24. The second-order valence-electron chi connectivity index (χ2n) is 4.80. The maximum atomic E-state index is 13.2. The summed E-state index contributed by atoms with van der Waals surface area (Å²) in [5.74, 6) is -1.46. The van der Waals surface area contributed by atoms with Crippen molar-refractivity contribution in [3.05, 3.63) is 41.8 Å². The second-order valence-corrected chi connectivity index (χ2v) is 4.80. The number of aromatic nitrogens is 1. The first kappa shape index (κ1) is 22.1. The van der Waals surface area contributed by atoms with Gasteiger partial charge in [0.15, 0.2) is 11.6 Å². The number of hydrogen-bond acceptors (Lipinski definition) is 4. The summed E-state index contributed by atoms with van der Waals surface area (Å²) < 4.78 is 31.4. The molecule has 1 aliphatic rings. The summed E-state index contributed by atoms with van der Waals surface area (Å²) in [6.07, 6.45) is 1.57. The third-order valence-corrected chi connectivity index (χ3v) is 3.31. The minimum absolute atomic E-state index is 0. The van der Waals surface area contributed by atoms with E-state index in [1.807, 2.05) is 0 Å². The topological polar surface area (TPSA) is 41.3 Å². The summed E-state index contributed by atoms with van der Waals surface area (Å²) in [6.45, 7) is 4.57. The average Bonchev–Trinajstić information content (AvgIpc) is 2.91. The van der Waals surface area contributed by atoms with E-state index in [1.54, 1.807) is 6.26 Å². The van der Waals surface area contributed by atoms with Crippen LogP contribution in [0.4, 0.5) is 8.78 Å². The number of nitrogens with one attached hydrogen (secondary N) is 1. The maximum absolute atomic E-state index is 13.2. The smallest absolute Gasteiger partial charge is 0.226 e. The van der Waals surface area contributed by atoms with E-state index in [1.165, 1.54) is 6.07 Å². The van der Waals surface area contributed by atoms with E-state index in [0.29, 0.717) is 18.0 Å². The van der Waals surface area contributed by atoms with Crippen LogP contribution in [0.1, 0.15) is 5.69 Å². The number of hydrogen-bond donors (Lipinski definition) is 1. The molecule has 2 heterocycles. The molecule has 130 valence electrons. The summed E-state index contributed by atoms with van der Waals surface area (Å²) in [5, 5.41) is 3.28. The lowest BCUT2D eigenvalue weighted by Gasteiger charge is -2.25. The van der Waals surface area contributed by atoms with Gasteiger partial charge in [-0.15, -0.1) is 37.2 Å². The highest BCUT2D eigenvalue weighted by Crippen LogP contribution is 2.21. The number of halogens is 5. The van der Waals surface area contributed by atoms with E-state index >= 15 is 0 Å². The lowest BCUT2D eigenvalue weighted by molar-refractivity contribution is 0.230. The van der Waals surface area contributed by atoms with Crippen molar-refractivity contribution in [3.63, 3.8) is 0 Å². The van der Waals surface area contributed by atoms with Gasteiger partial charge in [0.05, 0.1) is 5.69 Å². The van der Waals surface area contributed by atoms with Crippen molar-refractivity contribution in [3.8, 4) is 11.5 Å². The van der Waals surface area contributed by atoms with Crippen LogP contribution < -0.4 is 5.32 Å². The Labute approximate surface area is 151 Å². The summed E-state index contributed by atoms with van der Waals surface area (Å²) in [5.41, 5.74) is 1.24. The first-order chi connectivity index (χ1) is 9.72. The number of benzene rings is 1. The molecule has 4 nitrogen and oxygen atoms in total.